The van der Waals surface area contributed by atoms with Crippen LogP contribution in [0, 0.1) is 20.8 Å². The molecule has 0 saturated heterocycles. The van der Waals surface area contributed by atoms with Crippen LogP contribution in [0.2, 0.25) is 0 Å². The van der Waals surface area contributed by atoms with Gasteiger partial charge in [0.25, 0.3) is 5.91 Å². The SMILES string of the molecule is Cc1cc(C)c(Oc2ccc(C(=O)NC(=O)Nc3cccc4c3CC(=O)N4)cc2)c(C)c1. The van der Waals surface area contributed by atoms with Gasteiger partial charge in [0.2, 0.25) is 5.91 Å². The predicted molar refractivity (Wildman–Crippen MR) is 122 cm³/mol. The largest absolute Gasteiger partial charge is 0.457 e. The van der Waals surface area contributed by atoms with Gasteiger partial charge in [0.1, 0.15) is 11.5 Å². The van der Waals surface area contributed by atoms with E-state index < -0.39 is 11.9 Å². The van der Waals surface area contributed by atoms with Crippen molar-refractivity contribution in [2.45, 2.75) is 27.2 Å². The summed E-state index contributed by atoms with van der Waals surface area (Å²) in [6.45, 7) is 6.02. The first-order chi connectivity index (χ1) is 15.3. The Hall–Kier alpha value is -4.13. The van der Waals surface area contributed by atoms with Crippen LogP contribution in [0.1, 0.15) is 32.6 Å². The summed E-state index contributed by atoms with van der Waals surface area (Å²) in [5, 5.41) is 7.66. The number of fused-ring (bicyclic) bond motifs is 1. The lowest BCUT2D eigenvalue weighted by Gasteiger charge is -2.13. The van der Waals surface area contributed by atoms with Crippen LogP contribution < -0.4 is 20.7 Å². The number of aryl methyl sites for hydroxylation is 3. The zero-order chi connectivity index (χ0) is 22.8. The fraction of sp³-hybridized carbons (Fsp3) is 0.160. The lowest BCUT2D eigenvalue weighted by Crippen LogP contribution is -2.34. The van der Waals surface area contributed by atoms with Crippen LogP contribution in [-0.2, 0) is 11.2 Å². The smallest absolute Gasteiger partial charge is 0.326 e. The van der Waals surface area contributed by atoms with Crippen LogP contribution in [0.3, 0.4) is 0 Å². The van der Waals surface area contributed by atoms with E-state index in [1.54, 1.807) is 42.5 Å². The molecular formula is C25H23N3O4. The van der Waals surface area contributed by atoms with Crippen LogP contribution in [0.4, 0.5) is 16.2 Å². The molecule has 32 heavy (non-hydrogen) atoms. The van der Waals surface area contributed by atoms with Crippen molar-refractivity contribution in [1.82, 2.24) is 5.32 Å². The van der Waals surface area contributed by atoms with Gasteiger partial charge in [-0.25, -0.2) is 4.79 Å². The molecule has 3 aromatic rings. The molecule has 0 spiro atoms. The molecular weight excluding hydrogens is 406 g/mol. The van der Waals surface area contributed by atoms with Gasteiger partial charge in [0.05, 0.1) is 6.42 Å². The molecule has 3 aromatic carbocycles. The van der Waals surface area contributed by atoms with E-state index in [9.17, 15) is 14.4 Å². The van der Waals surface area contributed by atoms with Gasteiger partial charge in [-0.1, -0.05) is 23.8 Å². The summed E-state index contributed by atoms with van der Waals surface area (Å²) in [4.78, 5) is 36.4. The van der Waals surface area contributed by atoms with Crippen molar-refractivity contribution in [3.05, 3.63) is 82.4 Å². The Labute approximate surface area is 185 Å². The number of carbonyl (C=O) groups excluding carboxylic acids is 3. The summed E-state index contributed by atoms with van der Waals surface area (Å²) in [5.74, 6) is 0.705. The Morgan fingerprint density at radius 2 is 1.66 bits per heavy atom. The van der Waals surface area contributed by atoms with Crippen molar-refractivity contribution in [3.8, 4) is 11.5 Å². The third-order valence-electron chi connectivity index (χ3n) is 5.20. The molecule has 0 unspecified atom stereocenters. The van der Waals surface area contributed by atoms with Crippen molar-refractivity contribution in [2.24, 2.45) is 0 Å². The van der Waals surface area contributed by atoms with E-state index in [2.05, 4.69) is 28.1 Å². The number of nitrogens with one attached hydrogen (secondary N) is 3. The molecule has 4 amide bonds. The van der Waals surface area contributed by atoms with Gasteiger partial charge in [-0.15, -0.1) is 0 Å². The van der Waals surface area contributed by atoms with E-state index in [4.69, 9.17) is 4.74 Å². The first-order valence-corrected chi connectivity index (χ1v) is 10.2. The van der Waals surface area contributed by atoms with Crippen molar-refractivity contribution in [1.29, 1.82) is 0 Å². The minimum absolute atomic E-state index is 0.135. The fourth-order valence-electron chi connectivity index (χ4n) is 3.82. The summed E-state index contributed by atoms with van der Waals surface area (Å²) in [5.41, 5.74) is 5.40. The van der Waals surface area contributed by atoms with E-state index in [-0.39, 0.29) is 12.3 Å². The van der Waals surface area contributed by atoms with E-state index in [0.29, 0.717) is 28.3 Å². The zero-order valence-electron chi connectivity index (χ0n) is 18.0. The van der Waals surface area contributed by atoms with Gasteiger partial charge in [0, 0.05) is 22.5 Å². The summed E-state index contributed by atoms with van der Waals surface area (Å²) < 4.78 is 6.00. The first kappa shape index (κ1) is 21.1. The molecule has 0 atom stereocenters. The molecule has 1 aliphatic heterocycles. The fourth-order valence-corrected chi connectivity index (χ4v) is 3.82. The molecule has 0 saturated carbocycles. The number of hydrogen-bond donors (Lipinski definition) is 3. The maximum atomic E-state index is 12.5. The molecule has 162 valence electrons. The number of benzene rings is 3. The highest BCUT2D eigenvalue weighted by molar-refractivity contribution is 6.09. The highest BCUT2D eigenvalue weighted by Crippen LogP contribution is 2.31. The van der Waals surface area contributed by atoms with Crippen molar-refractivity contribution >= 4 is 29.2 Å². The predicted octanol–water partition coefficient (Wildman–Crippen LogP) is 4.86. The third-order valence-corrected chi connectivity index (χ3v) is 5.20. The number of imide groups is 1. The normalized spacial score (nSPS) is 12.0. The van der Waals surface area contributed by atoms with Crippen LogP contribution in [0.25, 0.3) is 0 Å². The molecule has 0 aliphatic carbocycles. The van der Waals surface area contributed by atoms with Gasteiger partial charge in [-0.3, -0.25) is 14.9 Å². The molecule has 4 rings (SSSR count). The van der Waals surface area contributed by atoms with Gasteiger partial charge >= 0.3 is 6.03 Å². The number of rotatable bonds is 4. The van der Waals surface area contributed by atoms with Crippen molar-refractivity contribution < 1.29 is 19.1 Å². The maximum Gasteiger partial charge on any atom is 0.326 e. The number of carbonyl (C=O) groups is 3. The van der Waals surface area contributed by atoms with Crippen LogP contribution in [0.5, 0.6) is 11.5 Å². The molecule has 1 aliphatic rings. The van der Waals surface area contributed by atoms with E-state index >= 15 is 0 Å². The number of anilines is 2. The third kappa shape index (κ3) is 4.46. The molecule has 7 nitrogen and oxygen atoms in total. The topological polar surface area (TPSA) is 96.5 Å². The van der Waals surface area contributed by atoms with E-state index in [1.807, 2.05) is 20.8 Å². The van der Waals surface area contributed by atoms with E-state index in [1.165, 1.54) is 5.56 Å². The quantitative estimate of drug-likeness (QED) is 0.552. The number of hydrogen-bond acceptors (Lipinski definition) is 4. The van der Waals surface area contributed by atoms with Crippen LogP contribution >= 0.6 is 0 Å². The number of ether oxygens (including phenoxy) is 1. The Morgan fingerprint density at radius 3 is 2.34 bits per heavy atom. The van der Waals surface area contributed by atoms with Crippen LogP contribution in [-0.4, -0.2) is 17.8 Å². The molecule has 0 bridgehead atoms. The molecule has 0 aromatic heterocycles. The average molecular weight is 429 g/mol. The Morgan fingerprint density at radius 1 is 0.969 bits per heavy atom. The molecule has 7 heteroatoms. The minimum Gasteiger partial charge on any atom is -0.457 e. The second-order valence-electron chi connectivity index (χ2n) is 7.82. The number of amides is 4. The minimum atomic E-state index is -0.672. The Kier molecular flexibility index (Phi) is 5.64. The lowest BCUT2D eigenvalue weighted by atomic mass is 10.1. The zero-order valence-corrected chi connectivity index (χ0v) is 18.0. The second-order valence-corrected chi connectivity index (χ2v) is 7.82. The highest BCUT2D eigenvalue weighted by Gasteiger charge is 2.21. The molecule has 0 radical (unpaired) electrons. The maximum absolute atomic E-state index is 12.5. The van der Waals surface area contributed by atoms with Crippen molar-refractivity contribution in [3.63, 3.8) is 0 Å². The standard InChI is InChI=1S/C25H23N3O4/c1-14-11-15(2)23(16(3)12-14)32-18-9-7-17(8-10-18)24(30)28-25(31)27-21-6-4-5-20-19(21)13-22(29)26-20/h4-12H,13H2,1-3H3,(H,26,29)(H2,27,28,30,31). The molecule has 3 N–H and O–H groups in total. The van der Waals surface area contributed by atoms with Gasteiger partial charge in [-0.2, -0.15) is 0 Å². The lowest BCUT2D eigenvalue weighted by molar-refractivity contribution is -0.115. The summed E-state index contributed by atoms with van der Waals surface area (Å²) >= 11 is 0. The Bertz CT molecular complexity index is 1210. The second kappa shape index (κ2) is 8.55. The summed E-state index contributed by atoms with van der Waals surface area (Å²) in [6.07, 6.45) is 0.182. The Balaban J connectivity index is 1.40. The molecule has 0 fully saturated rings. The monoisotopic (exact) mass is 429 g/mol. The summed E-state index contributed by atoms with van der Waals surface area (Å²) in [6, 6.07) is 15.2. The number of urea groups is 1. The highest BCUT2D eigenvalue weighted by atomic mass is 16.5. The van der Waals surface area contributed by atoms with E-state index in [0.717, 1.165) is 16.9 Å². The average Bonchev–Trinajstić information content (AvgIpc) is 3.12. The van der Waals surface area contributed by atoms with Gasteiger partial charge in [-0.05, 0) is 68.3 Å². The first-order valence-electron chi connectivity index (χ1n) is 10.2. The van der Waals surface area contributed by atoms with Crippen molar-refractivity contribution in [2.75, 3.05) is 10.6 Å². The van der Waals surface area contributed by atoms with Gasteiger partial charge in [0.15, 0.2) is 0 Å². The summed E-state index contributed by atoms with van der Waals surface area (Å²) in [7, 11) is 0. The van der Waals surface area contributed by atoms with Crippen LogP contribution in [0.15, 0.2) is 54.6 Å². The molecule has 1 heterocycles. The van der Waals surface area contributed by atoms with Gasteiger partial charge < -0.3 is 15.4 Å².